The van der Waals surface area contributed by atoms with Crippen molar-refractivity contribution in [3.05, 3.63) is 99.7 Å². The molecular weight excluding hydrogens is 686 g/mol. The van der Waals surface area contributed by atoms with Crippen LogP contribution in [0.1, 0.15) is 62.5 Å². The highest BCUT2D eigenvalue weighted by Gasteiger charge is 2.29. The van der Waals surface area contributed by atoms with Crippen LogP contribution in [0.2, 0.25) is 10.0 Å². The van der Waals surface area contributed by atoms with Crippen LogP contribution in [0.3, 0.4) is 0 Å². The molecule has 10 nitrogen and oxygen atoms in total. The lowest BCUT2D eigenvalue weighted by molar-refractivity contribution is 0.0866. The van der Waals surface area contributed by atoms with Crippen molar-refractivity contribution in [1.82, 2.24) is 24.9 Å². The van der Waals surface area contributed by atoms with E-state index in [-0.39, 0.29) is 22.8 Å². The number of sulfone groups is 1. The second-order valence-corrected chi connectivity index (χ2v) is 16.0. The lowest BCUT2D eigenvalue weighted by Gasteiger charge is -2.40. The zero-order valence-corrected chi connectivity index (χ0v) is 29.7. The maximum atomic E-state index is 14.4. The zero-order chi connectivity index (χ0) is 35.1. The zero-order valence-electron chi connectivity index (χ0n) is 27.4. The highest BCUT2D eigenvalue weighted by atomic mass is 35.5. The Balaban J connectivity index is 1.37. The summed E-state index contributed by atoms with van der Waals surface area (Å²) in [5, 5.41) is 27.2. The fraction of sp³-hybridized carbons (Fsp3) is 0.314. The molecule has 5 aromatic rings. The Labute approximate surface area is 294 Å². The molecule has 49 heavy (non-hydrogen) atoms. The van der Waals surface area contributed by atoms with E-state index in [1.165, 1.54) is 18.3 Å². The highest BCUT2D eigenvalue weighted by Crippen LogP contribution is 2.37. The third-order valence-electron chi connectivity index (χ3n) is 8.77. The van der Waals surface area contributed by atoms with Crippen LogP contribution in [-0.4, -0.2) is 58.2 Å². The SMILES string of the molecule is CC(C)(C)N1CCC(n2cc([C@@H](Nc3cc(Cl)c4ncc(C#N)c(Nc5ccc(F)c(S(C)(=O)=O)c5)c4c3)c3ccc(Cl)cc3)nn2)CC1. The molecule has 0 saturated carbocycles. The molecule has 2 N–H and O–H groups in total. The first-order valence-corrected chi connectivity index (χ1v) is 18.3. The van der Waals surface area contributed by atoms with Crippen LogP contribution in [0.15, 0.2) is 71.9 Å². The molecule has 14 heteroatoms. The van der Waals surface area contributed by atoms with Gasteiger partial charge in [-0.05, 0) is 81.6 Å². The molecule has 0 radical (unpaired) electrons. The summed E-state index contributed by atoms with van der Waals surface area (Å²) in [6.07, 6.45) is 6.21. The number of fused-ring (bicyclic) bond motifs is 1. The van der Waals surface area contributed by atoms with Gasteiger partial charge in [-0.15, -0.1) is 5.10 Å². The summed E-state index contributed by atoms with van der Waals surface area (Å²) >= 11 is 13.0. The van der Waals surface area contributed by atoms with Crippen LogP contribution in [-0.2, 0) is 9.84 Å². The summed E-state index contributed by atoms with van der Waals surface area (Å²) in [4.78, 5) is 6.45. The van der Waals surface area contributed by atoms with E-state index in [0.717, 1.165) is 43.8 Å². The van der Waals surface area contributed by atoms with Gasteiger partial charge in [0.05, 0.1) is 40.1 Å². The van der Waals surface area contributed by atoms with Crippen LogP contribution in [0.5, 0.6) is 0 Å². The average molecular weight is 722 g/mol. The Kier molecular flexibility index (Phi) is 9.57. The fourth-order valence-corrected chi connectivity index (χ4v) is 7.28. The Morgan fingerprint density at radius 1 is 1.04 bits per heavy atom. The molecular formula is C35H35Cl2FN8O2S. The topological polar surface area (TPSA) is 129 Å². The van der Waals surface area contributed by atoms with Gasteiger partial charge in [0.25, 0.3) is 0 Å². The van der Waals surface area contributed by atoms with Crippen molar-refractivity contribution in [1.29, 1.82) is 5.26 Å². The van der Waals surface area contributed by atoms with Crippen molar-refractivity contribution in [3.8, 4) is 6.07 Å². The van der Waals surface area contributed by atoms with Gasteiger partial charge in [0.1, 0.15) is 22.5 Å². The highest BCUT2D eigenvalue weighted by molar-refractivity contribution is 7.90. The molecule has 3 heterocycles. The van der Waals surface area contributed by atoms with Crippen LogP contribution in [0.25, 0.3) is 10.9 Å². The number of aromatic nitrogens is 4. The molecule has 0 spiro atoms. The number of hydrogen-bond acceptors (Lipinski definition) is 9. The number of hydrogen-bond donors (Lipinski definition) is 2. The van der Waals surface area contributed by atoms with Gasteiger partial charge in [-0.25, -0.2) is 17.5 Å². The molecule has 1 fully saturated rings. The summed E-state index contributed by atoms with van der Waals surface area (Å²) < 4.78 is 40.7. The first-order valence-electron chi connectivity index (χ1n) is 15.7. The predicted octanol–water partition coefficient (Wildman–Crippen LogP) is 7.93. The Morgan fingerprint density at radius 3 is 2.41 bits per heavy atom. The van der Waals surface area contributed by atoms with E-state index in [2.05, 4.69) is 57.7 Å². The Hall–Kier alpha value is -4.28. The van der Waals surface area contributed by atoms with Crippen LogP contribution in [0.4, 0.5) is 21.5 Å². The van der Waals surface area contributed by atoms with Crippen molar-refractivity contribution in [2.75, 3.05) is 30.0 Å². The molecule has 1 saturated heterocycles. The molecule has 0 bridgehead atoms. The Morgan fingerprint density at radius 2 is 1.76 bits per heavy atom. The average Bonchev–Trinajstić information content (AvgIpc) is 3.54. The number of nitriles is 1. The molecule has 254 valence electrons. The van der Waals surface area contributed by atoms with Gasteiger partial charge in [0.2, 0.25) is 0 Å². The number of piperidine rings is 1. The minimum atomic E-state index is -3.85. The van der Waals surface area contributed by atoms with E-state index in [1.807, 2.05) is 35.1 Å². The molecule has 1 atom stereocenters. The van der Waals surface area contributed by atoms with E-state index in [0.29, 0.717) is 38.0 Å². The molecule has 2 aromatic heterocycles. The quantitative estimate of drug-likeness (QED) is 0.164. The second-order valence-electron chi connectivity index (χ2n) is 13.2. The first kappa shape index (κ1) is 34.6. The minimum absolute atomic E-state index is 0.111. The molecule has 0 aliphatic carbocycles. The number of pyridine rings is 1. The van der Waals surface area contributed by atoms with Gasteiger partial charge < -0.3 is 10.6 Å². The maximum absolute atomic E-state index is 14.4. The summed E-state index contributed by atoms with van der Waals surface area (Å²) in [6, 6.07) is 16.5. The van der Waals surface area contributed by atoms with E-state index < -0.39 is 26.6 Å². The van der Waals surface area contributed by atoms with Gasteiger partial charge in [0.15, 0.2) is 9.84 Å². The predicted molar refractivity (Wildman–Crippen MR) is 191 cm³/mol. The number of nitrogens with zero attached hydrogens (tertiary/aromatic N) is 6. The van der Waals surface area contributed by atoms with Gasteiger partial charge in [0, 0.05) is 52.9 Å². The first-order chi connectivity index (χ1) is 23.2. The van der Waals surface area contributed by atoms with E-state index in [4.69, 9.17) is 23.2 Å². The van der Waals surface area contributed by atoms with E-state index in [1.54, 1.807) is 12.1 Å². The smallest absolute Gasteiger partial charge is 0.178 e. The molecule has 3 aromatic carbocycles. The monoisotopic (exact) mass is 720 g/mol. The fourth-order valence-electron chi connectivity index (χ4n) is 6.12. The Bertz CT molecular complexity index is 2170. The number of likely N-dealkylation sites (tertiary alicyclic amines) is 1. The van der Waals surface area contributed by atoms with Gasteiger partial charge in [-0.1, -0.05) is 40.5 Å². The van der Waals surface area contributed by atoms with Gasteiger partial charge in [-0.3, -0.25) is 9.88 Å². The van der Waals surface area contributed by atoms with Gasteiger partial charge in [-0.2, -0.15) is 5.26 Å². The van der Waals surface area contributed by atoms with E-state index in [9.17, 15) is 18.1 Å². The van der Waals surface area contributed by atoms with Crippen molar-refractivity contribution in [3.63, 3.8) is 0 Å². The molecule has 1 aliphatic heterocycles. The number of rotatable bonds is 8. The standard InChI is InChI=1S/C35H35Cl2FN8O2S/c1-35(2,3)45-13-11-26(12-14-45)46-20-30(43-44-46)33(21-5-7-23(36)8-6-21)42-25-15-27-32(22(18-39)19-40-34(27)28(37)16-25)41-24-9-10-29(38)31(17-24)49(4,47)48/h5-10,15-17,19-20,26,33,42H,11-14H2,1-4H3,(H,40,41)/t33-/m0/s1. The number of anilines is 3. The normalized spacial score (nSPS) is 15.2. The molecule has 6 rings (SSSR count). The van der Waals surface area contributed by atoms with E-state index >= 15 is 0 Å². The second kappa shape index (κ2) is 13.6. The van der Waals surface area contributed by atoms with Crippen molar-refractivity contribution < 1.29 is 12.8 Å². The molecule has 0 unspecified atom stereocenters. The molecule has 0 amide bonds. The summed E-state index contributed by atoms with van der Waals surface area (Å²) in [5.74, 6) is -0.872. The third kappa shape index (κ3) is 7.50. The van der Waals surface area contributed by atoms with Gasteiger partial charge >= 0.3 is 0 Å². The van der Waals surface area contributed by atoms with Crippen molar-refractivity contribution in [2.45, 2.75) is 56.1 Å². The summed E-state index contributed by atoms with van der Waals surface area (Å²) in [5.41, 5.74) is 3.48. The lowest BCUT2D eigenvalue weighted by Crippen LogP contribution is -2.46. The lowest BCUT2D eigenvalue weighted by atomic mass is 9.98. The van der Waals surface area contributed by atoms with Crippen LogP contribution < -0.4 is 10.6 Å². The van der Waals surface area contributed by atoms with Crippen molar-refractivity contribution in [2.24, 2.45) is 0 Å². The molecule has 1 aliphatic rings. The summed E-state index contributed by atoms with van der Waals surface area (Å²) in [7, 11) is -3.85. The number of halogens is 3. The largest absolute Gasteiger partial charge is 0.373 e. The van der Waals surface area contributed by atoms with Crippen molar-refractivity contribution >= 4 is 61.0 Å². The third-order valence-corrected chi connectivity index (χ3v) is 10.4. The van der Waals surface area contributed by atoms with Crippen LogP contribution >= 0.6 is 23.2 Å². The number of benzene rings is 3. The van der Waals surface area contributed by atoms with Crippen LogP contribution in [0, 0.1) is 17.1 Å². The minimum Gasteiger partial charge on any atom is -0.373 e. The summed E-state index contributed by atoms with van der Waals surface area (Å²) in [6.45, 7) is 8.64. The maximum Gasteiger partial charge on any atom is 0.178 e. The number of nitrogens with one attached hydrogen (secondary N) is 2.